The molecule has 3 heterocycles. The minimum absolute atomic E-state index is 0.398. The number of anilines is 2. The molecule has 2 aromatic rings. The van der Waals surface area contributed by atoms with Gasteiger partial charge in [-0.15, -0.1) is 11.3 Å². The van der Waals surface area contributed by atoms with Crippen molar-refractivity contribution in [3.05, 3.63) is 10.9 Å². The quantitative estimate of drug-likeness (QED) is 0.935. The predicted molar refractivity (Wildman–Crippen MR) is 86.5 cm³/mol. The summed E-state index contributed by atoms with van der Waals surface area (Å²) >= 11 is 1.70. The number of thiophene rings is 1. The fourth-order valence-electron chi connectivity index (χ4n) is 3.17. The van der Waals surface area contributed by atoms with Crippen molar-refractivity contribution in [2.45, 2.75) is 52.0 Å². The van der Waals surface area contributed by atoms with Crippen molar-refractivity contribution in [2.75, 3.05) is 17.2 Å². The highest BCUT2D eigenvalue weighted by Gasteiger charge is 2.25. The molecular formula is C15H22N4S. The molecule has 20 heavy (non-hydrogen) atoms. The maximum Gasteiger partial charge on any atom is 0.223 e. The van der Waals surface area contributed by atoms with Crippen LogP contribution in [0.15, 0.2) is 6.07 Å². The van der Waals surface area contributed by atoms with E-state index in [4.69, 9.17) is 5.73 Å². The first-order valence-corrected chi connectivity index (χ1v) is 8.31. The van der Waals surface area contributed by atoms with Gasteiger partial charge in [0.25, 0.3) is 0 Å². The van der Waals surface area contributed by atoms with Gasteiger partial charge in [0.1, 0.15) is 10.6 Å². The number of piperidine rings is 1. The first-order chi connectivity index (χ1) is 9.69. The van der Waals surface area contributed by atoms with E-state index in [1.54, 1.807) is 11.3 Å². The van der Waals surface area contributed by atoms with Crippen LogP contribution < -0.4 is 10.6 Å². The van der Waals surface area contributed by atoms with E-state index >= 15 is 0 Å². The lowest BCUT2D eigenvalue weighted by Crippen LogP contribution is -2.40. The van der Waals surface area contributed by atoms with Crippen LogP contribution in [-0.4, -0.2) is 22.6 Å². The highest BCUT2D eigenvalue weighted by atomic mass is 32.1. The van der Waals surface area contributed by atoms with E-state index in [1.165, 1.54) is 42.4 Å². The number of fused-ring (bicyclic) bond motifs is 1. The van der Waals surface area contributed by atoms with Crippen LogP contribution in [0.5, 0.6) is 0 Å². The Balaban J connectivity index is 2.06. The number of nitrogen functional groups attached to an aromatic ring is 1. The number of nitrogens with zero attached hydrogens (tertiary/aromatic N) is 3. The molecule has 1 fully saturated rings. The highest BCUT2D eigenvalue weighted by molar-refractivity contribution is 7.18. The van der Waals surface area contributed by atoms with Crippen molar-refractivity contribution >= 4 is 33.3 Å². The van der Waals surface area contributed by atoms with Crippen LogP contribution in [0.2, 0.25) is 0 Å². The van der Waals surface area contributed by atoms with Crippen molar-refractivity contribution in [3.8, 4) is 0 Å². The smallest absolute Gasteiger partial charge is 0.223 e. The van der Waals surface area contributed by atoms with Gasteiger partial charge in [-0.2, -0.15) is 4.98 Å². The minimum Gasteiger partial charge on any atom is -0.368 e. The summed E-state index contributed by atoms with van der Waals surface area (Å²) in [6.45, 7) is 5.46. The zero-order valence-electron chi connectivity index (χ0n) is 12.2. The van der Waals surface area contributed by atoms with Crippen LogP contribution in [0.4, 0.5) is 11.8 Å². The van der Waals surface area contributed by atoms with Gasteiger partial charge in [0.2, 0.25) is 5.95 Å². The second kappa shape index (κ2) is 5.56. The van der Waals surface area contributed by atoms with Gasteiger partial charge in [-0.05, 0) is 38.7 Å². The highest BCUT2D eigenvalue weighted by Crippen LogP contribution is 2.35. The van der Waals surface area contributed by atoms with Gasteiger partial charge in [0, 0.05) is 17.5 Å². The molecule has 0 radical (unpaired) electrons. The summed E-state index contributed by atoms with van der Waals surface area (Å²) in [4.78, 5) is 13.7. The van der Waals surface area contributed by atoms with Gasteiger partial charge in [0.05, 0.1) is 5.39 Å². The first-order valence-electron chi connectivity index (χ1n) is 7.49. The number of nitrogens with two attached hydrogens (primary N) is 1. The van der Waals surface area contributed by atoms with E-state index in [0.29, 0.717) is 12.0 Å². The number of aryl methyl sites for hydroxylation is 1. The van der Waals surface area contributed by atoms with Crippen LogP contribution >= 0.6 is 11.3 Å². The SMILES string of the molecule is CCCC1CCCCN1c1nc(N)nc2sc(C)cc12. The predicted octanol–water partition coefficient (Wildman–Crippen LogP) is 3.74. The summed E-state index contributed by atoms with van der Waals surface area (Å²) in [6.07, 6.45) is 6.28. The van der Waals surface area contributed by atoms with E-state index in [2.05, 4.69) is 34.8 Å². The Labute approximate surface area is 124 Å². The molecule has 4 nitrogen and oxygen atoms in total. The maximum atomic E-state index is 5.92. The third kappa shape index (κ3) is 2.46. The van der Waals surface area contributed by atoms with Crippen molar-refractivity contribution in [1.29, 1.82) is 0 Å². The Bertz CT molecular complexity index is 605. The molecule has 2 N–H and O–H groups in total. The van der Waals surface area contributed by atoms with E-state index in [1.807, 2.05) is 0 Å². The van der Waals surface area contributed by atoms with Gasteiger partial charge in [-0.3, -0.25) is 0 Å². The molecule has 0 spiro atoms. The summed E-state index contributed by atoms with van der Waals surface area (Å²) in [7, 11) is 0. The Kier molecular flexibility index (Phi) is 3.78. The maximum absolute atomic E-state index is 5.92. The molecule has 1 unspecified atom stereocenters. The standard InChI is InChI=1S/C15H22N4S/c1-3-6-11-7-4-5-8-19(11)13-12-9-10(2)20-14(12)18-15(16)17-13/h9,11H,3-8H2,1-2H3,(H2,16,17,18). The fraction of sp³-hybridized carbons (Fsp3) is 0.600. The average Bonchev–Trinajstić information content (AvgIpc) is 2.79. The monoisotopic (exact) mass is 290 g/mol. The number of rotatable bonds is 3. The zero-order chi connectivity index (χ0) is 14.1. The largest absolute Gasteiger partial charge is 0.368 e. The molecule has 1 aliphatic heterocycles. The second-order valence-electron chi connectivity index (χ2n) is 5.61. The van der Waals surface area contributed by atoms with Crippen molar-refractivity contribution in [1.82, 2.24) is 9.97 Å². The minimum atomic E-state index is 0.398. The molecule has 5 heteroatoms. The van der Waals surface area contributed by atoms with E-state index in [-0.39, 0.29) is 0 Å². The molecular weight excluding hydrogens is 268 g/mol. The molecule has 1 atom stereocenters. The summed E-state index contributed by atoms with van der Waals surface area (Å²) in [5.41, 5.74) is 5.92. The van der Waals surface area contributed by atoms with Crippen LogP contribution in [0.25, 0.3) is 10.2 Å². The average molecular weight is 290 g/mol. The van der Waals surface area contributed by atoms with Crippen molar-refractivity contribution < 1.29 is 0 Å². The van der Waals surface area contributed by atoms with Crippen LogP contribution in [0.1, 0.15) is 43.9 Å². The summed E-state index contributed by atoms with van der Waals surface area (Å²) in [5, 5.41) is 1.17. The van der Waals surface area contributed by atoms with Gasteiger partial charge < -0.3 is 10.6 Å². The summed E-state index contributed by atoms with van der Waals surface area (Å²) in [5.74, 6) is 1.45. The van der Waals surface area contributed by atoms with Gasteiger partial charge >= 0.3 is 0 Å². The van der Waals surface area contributed by atoms with E-state index in [9.17, 15) is 0 Å². The van der Waals surface area contributed by atoms with E-state index in [0.717, 1.165) is 17.2 Å². The molecule has 0 aliphatic carbocycles. The van der Waals surface area contributed by atoms with Gasteiger partial charge in [-0.1, -0.05) is 13.3 Å². The van der Waals surface area contributed by atoms with Crippen LogP contribution in [-0.2, 0) is 0 Å². The molecule has 1 saturated heterocycles. The lowest BCUT2D eigenvalue weighted by Gasteiger charge is -2.37. The van der Waals surface area contributed by atoms with Crippen LogP contribution in [0.3, 0.4) is 0 Å². The molecule has 108 valence electrons. The van der Waals surface area contributed by atoms with Gasteiger partial charge in [0.15, 0.2) is 0 Å². The number of hydrogen-bond donors (Lipinski definition) is 1. The number of aromatic nitrogens is 2. The Morgan fingerprint density at radius 1 is 1.40 bits per heavy atom. The summed E-state index contributed by atoms with van der Waals surface area (Å²) < 4.78 is 0. The van der Waals surface area contributed by atoms with Crippen molar-refractivity contribution in [3.63, 3.8) is 0 Å². The van der Waals surface area contributed by atoms with Crippen LogP contribution in [0, 0.1) is 6.92 Å². The number of hydrogen-bond acceptors (Lipinski definition) is 5. The fourth-order valence-corrected chi connectivity index (χ4v) is 4.06. The van der Waals surface area contributed by atoms with Crippen molar-refractivity contribution in [2.24, 2.45) is 0 Å². The third-order valence-corrected chi connectivity index (χ3v) is 4.98. The zero-order valence-corrected chi connectivity index (χ0v) is 13.0. The molecule has 3 rings (SSSR count). The Morgan fingerprint density at radius 2 is 2.25 bits per heavy atom. The van der Waals surface area contributed by atoms with Gasteiger partial charge in [-0.25, -0.2) is 4.98 Å². The molecule has 0 bridgehead atoms. The Morgan fingerprint density at radius 3 is 3.05 bits per heavy atom. The Hall–Kier alpha value is -1.36. The molecule has 0 saturated carbocycles. The topological polar surface area (TPSA) is 55.0 Å². The second-order valence-corrected chi connectivity index (χ2v) is 6.85. The molecule has 2 aromatic heterocycles. The lowest BCUT2D eigenvalue weighted by atomic mass is 9.98. The molecule has 1 aliphatic rings. The summed E-state index contributed by atoms with van der Waals surface area (Å²) in [6, 6.07) is 2.80. The molecule has 0 amide bonds. The third-order valence-electron chi connectivity index (χ3n) is 4.03. The first kappa shape index (κ1) is 13.6. The normalized spacial score (nSPS) is 19.7. The van der Waals surface area contributed by atoms with E-state index < -0.39 is 0 Å². The lowest BCUT2D eigenvalue weighted by molar-refractivity contribution is 0.433. The molecule has 0 aromatic carbocycles.